The standard InChI is InChI=1S/C23H28N2O3.C4H6O6/c1-25(15-18-5-4-12-28-18)11-10-22-8-2-3-9-23(22,27)20(25)14-16-6-7-17(21(24)26)13-19(16)22;5-1(3(7)8)2(6)4(9)10/h4-7,12-13,20,27H,2-3,8-11,14-15H2,1H3,(H-,24,26);1-2,5-6H,(H,7,8)(H,9,10)/p+1/t20-,22+,23-,25?;/m1./s1. The highest BCUT2D eigenvalue weighted by Crippen LogP contribution is 2.59. The van der Waals surface area contributed by atoms with Gasteiger partial charge in [0.15, 0.2) is 18.0 Å². The van der Waals surface area contributed by atoms with E-state index in [9.17, 15) is 19.5 Å². The van der Waals surface area contributed by atoms with E-state index in [1.165, 1.54) is 11.1 Å². The smallest absolute Gasteiger partial charge is 0.335 e. The Balaban J connectivity index is 0.000000289. The number of amides is 1. The first-order chi connectivity index (χ1) is 17.8. The number of quaternary nitrogens is 1. The van der Waals surface area contributed by atoms with Crippen LogP contribution in [-0.4, -0.2) is 85.3 Å². The molecule has 5 rings (SSSR count). The molecule has 11 heteroatoms. The Morgan fingerprint density at radius 1 is 1.08 bits per heavy atom. The van der Waals surface area contributed by atoms with Gasteiger partial charge in [0.05, 0.1) is 19.9 Å². The van der Waals surface area contributed by atoms with Gasteiger partial charge < -0.3 is 40.2 Å². The zero-order chi connectivity index (χ0) is 27.9. The SMILES string of the molecule is C[N+]1(Cc2ccco2)CC[C@]23CCCC[C@@]2(O)[C@H]1Cc1ccc(C(N)=O)cc13.O=C(O)C(O)C(O)C(=O)O. The van der Waals surface area contributed by atoms with E-state index in [1.54, 1.807) is 6.26 Å². The van der Waals surface area contributed by atoms with Crippen LogP contribution in [0.25, 0.3) is 0 Å². The molecule has 2 bridgehead atoms. The number of nitrogens with two attached hydrogens (primary N) is 1. The van der Waals surface area contributed by atoms with Gasteiger partial charge in [0.25, 0.3) is 0 Å². The number of hydrogen-bond donors (Lipinski definition) is 6. The summed E-state index contributed by atoms with van der Waals surface area (Å²) in [6, 6.07) is 9.99. The minimum Gasteiger partial charge on any atom is -0.479 e. The van der Waals surface area contributed by atoms with Gasteiger partial charge in [-0.2, -0.15) is 0 Å². The van der Waals surface area contributed by atoms with Crippen LogP contribution in [0.4, 0.5) is 0 Å². The number of carbonyl (C=O) groups excluding carboxylic acids is 1. The topological polar surface area (TPSA) is 192 Å². The summed E-state index contributed by atoms with van der Waals surface area (Å²) < 4.78 is 6.46. The first-order valence-electron chi connectivity index (χ1n) is 12.7. The summed E-state index contributed by atoms with van der Waals surface area (Å²) in [5.74, 6) is -2.95. The third kappa shape index (κ3) is 4.60. The van der Waals surface area contributed by atoms with Crippen molar-refractivity contribution >= 4 is 17.8 Å². The molecule has 1 aliphatic heterocycles. The molecule has 1 saturated carbocycles. The number of benzene rings is 1. The van der Waals surface area contributed by atoms with Crippen LogP contribution >= 0.6 is 0 Å². The summed E-state index contributed by atoms with van der Waals surface area (Å²) in [6.07, 6.45) is 2.93. The molecule has 206 valence electrons. The molecule has 11 nitrogen and oxygen atoms in total. The van der Waals surface area contributed by atoms with Crippen LogP contribution in [-0.2, 0) is 28.0 Å². The van der Waals surface area contributed by atoms with Gasteiger partial charge in [0.2, 0.25) is 5.91 Å². The van der Waals surface area contributed by atoms with Crippen molar-refractivity contribution in [2.75, 3.05) is 13.6 Å². The van der Waals surface area contributed by atoms with Crippen molar-refractivity contribution < 1.29 is 48.8 Å². The number of likely N-dealkylation sites (tertiary alicyclic amines) is 1. The lowest BCUT2D eigenvalue weighted by Crippen LogP contribution is -2.77. The Morgan fingerprint density at radius 2 is 1.74 bits per heavy atom. The zero-order valence-corrected chi connectivity index (χ0v) is 21.2. The van der Waals surface area contributed by atoms with E-state index < -0.39 is 35.7 Å². The summed E-state index contributed by atoms with van der Waals surface area (Å²) in [7, 11) is 2.27. The van der Waals surface area contributed by atoms with Crippen LogP contribution in [0.15, 0.2) is 41.0 Å². The number of carbonyl (C=O) groups is 3. The molecular formula is C27H35N2O9+. The highest BCUT2D eigenvalue weighted by molar-refractivity contribution is 5.93. The summed E-state index contributed by atoms with van der Waals surface area (Å²) in [5, 5.41) is 44.8. The molecule has 2 fully saturated rings. The second-order valence-electron chi connectivity index (χ2n) is 10.9. The van der Waals surface area contributed by atoms with Gasteiger partial charge in [0.1, 0.15) is 18.2 Å². The summed E-state index contributed by atoms with van der Waals surface area (Å²) in [4.78, 5) is 31.4. The quantitative estimate of drug-likeness (QED) is 0.292. The lowest BCUT2D eigenvalue weighted by Gasteiger charge is -2.65. The van der Waals surface area contributed by atoms with E-state index in [1.807, 2.05) is 24.3 Å². The number of fused-ring (bicyclic) bond motifs is 1. The van der Waals surface area contributed by atoms with E-state index in [0.29, 0.717) is 5.56 Å². The van der Waals surface area contributed by atoms with Crippen LogP contribution in [0.2, 0.25) is 0 Å². The van der Waals surface area contributed by atoms with Crippen LogP contribution in [0.1, 0.15) is 59.3 Å². The Labute approximate surface area is 219 Å². The number of aliphatic hydroxyl groups excluding tert-OH is 2. The number of nitrogens with zero attached hydrogens (tertiary/aromatic N) is 1. The number of aliphatic hydroxyl groups is 3. The molecule has 2 heterocycles. The number of carboxylic acid groups (broad SMARTS) is 2. The Hall–Kier alpha value is -3.25. The number of carboxylic acids is 2. The van der Waals surface area contributed by atoms with Crippen LogP contribution < -0.4 is 5.73 Å². The van der Waals surface area contributed by atoms with E-state index in [-0.39, 0.29) is 11.5 Å². The molecule has 2 aromatic rings. The number of furan rings is 1. The van der Waals surface area contributed by atoms with Crippen LogP contribution in [0.3, 0.4) is 0 Å². The molecule has 1 aromatic carbocycles. The lowest BCUT2D eigenvalue weighted by atomic mass is 9.49. The Morgan fingerprint density at radius 3 is 2.32 bits per heavy atom. The van der Waals surface area contributed by atoms with Crippen molar-refractivity contribution in [2.45, 2.75) is 74.3 Å². The largest absolute Gasteiger partial charge is 0.479 e. The first-order valence-corrected chi connectivity index (χ1v) is 12.7. The van der Waals surface area contributed by atoms with E-state index >= 15 is 0 Å². The number of likely N-dealkylation sites (N-methyl/N-ethyl adjacent to an activating group) is 1. The average molecular weight is 532 g/mol. The van der Waals surface area contributed by atoms with Crippen molar-refractivity contribution in [3.63, 3.8) is 0 Å². The molecule has 3 aliphatic rings. The molecule has 2 aliphatic carbocycles. The lowest BCUT2D eigenvalue weighted by molar-refractivity contribution is -0.962. The fourth-order valence-electron chi connectivity index (χ4n) is 6.89. The molecule has 1 aromatic heterocycles. The van der Waals surface area contributed by atoms with Crippen LogP contribution in [0.5, 0.6) is 0 Å². The monoisotopic (exact) mass is 531 g/mol. The van der Waals surface area contributed by atoms with Gasteiger partial charge in [-0.05, 0) is 48.2 Å². The third-order valence-corrected chi connectivity index (χ3v) is 8.82. The van der Waals surface area contributed by atoms with Crippen molar-refractivity contribution in [3.8, 4) is 0 Å². The van der Waals surface area contributed by atoms with Gasteiger partial charge >= 0.3 is 11.9 Å². The van der Waals surface area contributed by atoms with Crippen molar-refractivity contribution in [3.05, 3.63) is 59.0 Å². The number of hydrogen-bond acceptors (Lipinski definition) is 7. The summed E-state index contributed by atoms with van der Waals surface area (Å²) in [6.45, 7) is 1.79. The molecule has 38 heavy (non-hydrogen) atoms. The van der Waals surface area contributed by atoms with Gasteiger partial charge in [-0.25, -0.2) is 9.59 Å². The first kappa shape index (κ1) is 27.8. The number of primary amides is 1. The van der Waals surface area contributed by atoms with Gasteiger partial charge in [-0.15, -0.1) is 0 Å². The average Bonchev–Trinajstić information content (AvgIpc) is 3.38. The normalized spacial score (nSPS) is 31.0. The van der Waals surface area contributed by atoms with Gasteiger partial charge in [-0.1, -0.05) is 18.9 Å². The molecule has 0 radical (unpaired) electrons. The minimum atomic E-state index is -2.27. The molecule has 0 spiro atoms. The second kappa shape index (κ2) is 10.1. The summed E-state index contributed by atoms with van der Waals surface area (Å²) >= 11 is 0. The van der Waals surface area contributed by atoms with Gasteiger partial charge in [0, 0.05) is 23.8 Å². The molecule has 1 amide bonds. The van der Waals surface area contributed by atoms with Crippen molar-refractivity contribution in [2.24, 2.45) is 5.73 Å². The molecule has 7 N–H and O–H groups in total. The highest BCUT2D eigenvalue weighted by atomic mass is 16.4. The molecular weight excluding hydrogens is 496 g/mol. The van der Waals surface area contributed by atoms with Gasteiger partial charge in [-0.3, -0.25) is 4.79 Å². The number of piperidine rings is 1. The van der Waals surface area contributed by atoms with Crippen molar-refractivity contribution in [1.82, 2.24) is 0 Å². The highest BCUT2D eigenvalue weighted by Gasteiger charge is 2.68. The second-order valence-corrected chi connectivity index (χ2v) is 10.9. The predicted molar refractivity (Wildman–Crippen MR) is 133 cm³/mol. The third-order valence-electron chi connectivity index (χ3n) is 8.82. The van der Waals surface area contributed by atoms with E-state index in [0.717, 1.165) is 61.9 Å². The molecule has 1 saturated heterocycles. The predicted octanol–water partition coefficient (Wildman–Crippen LogP) is 0.774. The Kier molecular flexibility index (Phi) is 7.41. The maximum atomic E-state index is 12.2. The fourth-order valence-corrected chi connectivity index (χ4v) is 6.89. The van der Waals surface area contributed by atoms with Crippen molar-refractivity contribution in [1.29, 1.82) is 0 Å². The summed E-state index contributed by atoms with van der Waals surface area (Å²) in [5.41, 5.74) is 7.55. The van der Waals surface area contributed by atoms with E-state index in [2.05, 4.69) is 13.1 Å². The maximum absolute atomic E-state index is 12.2. The molecule has 6 atom stereocenters. The minimum absolute atomic E-state index is 0.124. The zero-order valence-electron chi connectivity index (χ0n) is 21.2. The number of aliphatic carboxylic acids is 2. The fraction of sp³-hybridized carbons (Fsp3) is 0.519. The maximum Gasteiger partial charge on any atom is 0.335 e. The number of rotatable bonds is 6. The van der Waals surface area contributed by atoms with Crippen LogP contribution in [0, 0.1) is 0 Å². The molecule has 3 unspecified atom stereocenters. The van der Waals surface area contributed by atoms with E-state index in [4.69, 9.17) is 30.6 Å². The Bertz CT molecular complexity index is 1200.